The van der Waals surface area contributed by atoms with Crippen molar-refractivity contribution in [1.29, 1.82) is 0 Å². The van der Waals surface area contributed by atoms with Gasteiger partial charge in [-0.3, -0.25) is 19.3 Å². The molecule has 0 saturated carbocycles. The molecule has 1 amide bonds. The van der Waals surface area contributed by atoms with E-state index >= 15 is 0 Å². The fourth-order valence-electron chi connectivity index (χ4n) is 1.83. The van der Waals surface area contributed by atoms with Crippen LogP contribution in [0.5, 0.6) is 0 Å². The molecule has 1 unspecified atom stereocenters. The van der Waals surface area contributed by atoms with Gasteiger partial charge in [0.25, 0.3) is 0 Å². The monoisotopic (exact) mass is 286 g/mol. The van der Waals surface area contributed by atoms with Crippen molar-refractivity contribution >= 4 is 17.7 Å². The highest BCUT2D eigenvalue weighted by atomic mass is 16.5. The van der Waals surface area contributed by atoms with Gasteiger partial charge in [0, 0.05) is 0 Å². The summed E-state index contributed by atoms with van der Waals surface area (Å²) in [5, 5.41) is 2.70. The van der Waals surface area contributed by atoms with Gasteiger partial charge in [-0.1, -0.05) is 20.8 Å². The molecule has 0 spiro atoms. The number of likely N-dealkylation sites (N-methyl/N-ethyl adjacent to an activating group) is 1. The lowest BCUT2D eigenvalue weighted by Gasteiger charge is -2.23. The van der Waals surface area contributed by atoms with E-state index in [4.69, 9.17) is 4.74 Å². The van der Waals surface area contributed by atoms with Crippen LogP contribution < -0.4 is 5.32 Å². The third-order valence-corrected chi connectivity index (χ3v) is 2.89. The molecule has 0 aliphatic carbocycles. The maximum absolute atomic E-state index is 11.9. The van der Waals surface area contributed by atoms with Gasteiger partial charge in [0.2, 0.25) is 5.91 Å². The Bertz CT molecular complexity index is 342. The Labute approximate surface area is 120 Å². The predicted octanol–water partition coefficient (Wildman–Crippen LogP) is 0.601. The molecule has 0 saturated heterocycles. The molecule has 0 fully saturated rings. The molecule has 0 aromatic carbocycles. The lowest BCUT2D eigenvalue weighted by atomic mass is 10.0. The van der Waals surface area contributed by atoms with Crippen LogP contribution in [0.1, 0.15) is 34.6 Å². The summed E-state index contributed by atoms with van der Waals surface area (Å²) in [7, 11) is 0. The Morgan fingerprint density at radius 1 is 1.15 bits per heavy atom. The molecular weight excluding hydrogens is 260 g/mol. The Hall–Kier alpha value is -1.43. The number of hydrogen-bond acceptors (Lipinski definition) is 5. The number of nitrogens with zero attached hydrogens (tertiary/aromatic N) is 1. The minimum absolute atomic E-state index is 0.0385. The van der Waals surface area contributed by atoms with Crippen molar-refractivity contribution in [2.45, 2.75) is 40.7 Å². The summed E-state index contributed by atoms with van der Waals surface area (Å²) in [6.07, 6.45) is 0. The third kappa shape index (κ3) is 7.23. The van der Waals surface area contributed by atoms with Gasteiger partial charge in [-0.25, -0.2) is 0 Å². The van der Waals surface area contributed by atoms with Gasteiger partial charge in [-0.15, -0.1) is 0 Å². The van der Waals surface area contributed by atoms with Crippen molar-refractivity contribution in [2.75, 3.05) is 26.2 Å². The summed E-state index contributed by atoms with van der Waals surface area (Å²) < 4.78 is 4.85. The molecule has 6 nitrogen and oxygen atoms in total. The van der Waals surface area contributed by atoms with E-state index in [1.807, 2.05) is 20.8 Å². The first-order valence-electron chi connectivity index (χ1n) is 6.99. The molecule has 0 aromatic rings. The average Bonchev–Trinajstić information content (AvgIpc) is 2.34. The standard InChI is InChI=1S/C14H26N2O4/c1-6-16(9-13(19)20-7-2)8-12(18)15-14(10(3)4)11(5)17/h10,14H,6-9H2,1-5H3,(H,15,18). The quantitative estimate of drug-likeness (QED) is 0.628. The number of carbonyl (C=O) groups excluding carboxylic acids is 3. The Balaban J connectivity index is 4.40. The van der Waals surface area contributed by atoms with Gasteiger partial charge in [-0.2, -0.15) is 0 Å². The van der Waals surface area contributed by atoms with E-state index in [0.717, 1.165) is 0 Å². The van der Waals surface area contributed by atoms with Crippen molar-refractivity contribution in [3.63, 3.8) is 0 Å². The SMILES string of the molecule is CCOC(=O)CN(CC)CC(=O)NC(C(C)=O)C(C)C. The maximum Gasteiger partial charge on any atom is 0.320 e. The lowest BCUT2D eigenvalue weighted by molar-refractivity contribution is -0.144. The largest absolute Gasteiger partial charge is 0.465 e. The fraction of sp³-hybridized carbons (Fsp3) is 0.786. The van der Waals surface area contributed by atoms with E-state index in [-0.39, 0.29) is 36.7 Å². The topological polar surface area (TPSA) is 75.7 Å². The van der Waals surface area contributed by atoms with Crippen molar-refractivity contribution in [3.8, 4) is 0 Å². The minimum atomic E-state index is -0.483. The van der Waals surface area contributed by atoms with Crippen molar-refractivity contribution < 1.29 is 19.1 Å². The van der Waals surface area contributed by atoms with E-state index < -0.39 is 6.04 Å². The summed E-state index contributed by atoms with van der Waals surface area (Å²) in [5.41, 5.74) is 0. The van der Waals surface area contributed by atoms with Crippen LogP contribution in [0.15, 0.2) is 0 Å². The number of ether oxygens (including phenoxy) is 1. The van der Waals surface area contributed by atoms with Crippen LogP contribution >= 0.6 is 0 Å². The first kappa shape index (κ1) is 18.6. The van der Waals surface area contributed by atoms with Gasteiger partial charge >= 0.3 is 5.97 Å². The Kier molecular flexibility index (Phi) is 8.79. The van der Waals surface area contributed by atoms with E-state index in [1.165, 1.54) is 6.92 Å². The molecule has 0 bridgehead atoms. The number of esters is 1. The lowest BCUT2D eigenvalue weighted by Crippen LogP contribution is -2.48. The van der Waals surface area contributed by atoms with Crippen molar-refractivity contribution in [3.05, 3.63) is 0 Å². The molecule has 6 heteroatoms. The molecule has 20 heavy (non-hydrogen) atoms. The predicted molar refractivity (Wildman–Crippen MR) is 76.2 cm³/mol. The highest BCUT2D eigenvalue weighted by Crippen LogP contribution is 2.02. The Morgan fingerprint density at radius 2 is 1.75 bits per heavy atom. The first-order chi connectivity index (χ1) is 9.31. The molecule has 0 aromatic heterocycles. The van der Waals surface area contributed by atoms with E-state index in [2.05, 4.69) is 5.32 Å². The normalized spacial score (nSPS) is 12.3. The molecule has 116 valence electrons. The second-order valence-corrected chi connectivity index (χ2v) is 5.01. The number of rotatable bonds is 9. The van der Waals surface area contributed by atoms with Gasteiger partial charge in [0.1, 0.15) is 0 Å². The summed E-state index contributed by atoms with van der Waals surface area (Å²) in [5.74, 6) is -0.641. The summed E-state index contributed by atoms with van der Waals surface area (Å²) >= 11 is 0. The number of hydrogen-bond donors (Lipinski definition) is 1. The zero-order chi connectivity index (χ0) is 15.7. The van der Waals surface area contributed by atoms with Crippen LogP contribution in [-0.4, -0.2) is 54.8 Å². The smallest absolute Gasteiger partial charge is 0.320 e. The van der Waals surface area contributed by atoms with Crippen LogP contribution in [0.4, 0.5) is 0 Å². The zero-order valence-electron chi connectivity index (χ0n) is 13.1. The number of ketones is 1. The minimum Gasteiger partial charge on any atom is -0.465 e. The molecule has 1 atom stereocenters. The molecule has 0 aliphatic heterocycles. The zero-order valence-corrected chi connectivity index (χ0v) is 13.1. The maximum atomic E-state index is 11.9. The van der Waals surface area contributed by atoms with Crippen LogP contribution in [0.2, 0.25) is 0 Å². The van der Waals surface area contributed by atoms with Crippen LogP contribution in [0, 0.1) is 5.92 Å². The molecule has 1 N–H and O–H groups in total. The highest BCUT2D eigenvalue weighted by Gasteiger charge is 2.22. The fourth-order valence-corrected chi connectivity index (χ4v) is 1.83. The molecule has 0 heterocycles. The van der Waals surface area contributed by atoms with E-state index in [9.17, 15) is 14.4 Å². The van der Waals surface area contributed by atoms with Crippen molar-refractivity contribution in [1.82, 2.24) is 10.2 Å². The van der Waals surface area contributed by atoms with Crippen molar-refractivity contribution in [2.24, 2.45) is 5.92 Å². The van der Waals surface area contributed by atoms with Crippen LogP contribution in [-0.2, 0) is 19.1 Å². The number of nitrogens with one attached hydrogen (secondary N) is 1. The van der Waals surface area contributed by atoms with Gasteiger partial charge < -0.3 is 10.1 Å². The van der Waals surface area contributed by atoms with Gasteiger partial charge in [0.15, 0.2) is 5.78 Å². The van der Waals surface area contributed by atoms with Gasteiger partial charge in [0.05, 0.1) is 25.7 Å². The molecule has 0 aliphatic rings. The van der Waals surface area contributed by atoms with Crippen LogP contribution in [0.25, 0.3) is 0 Å². The summed E-state index contributed by atoms with van der Waals surface area (Å²) in [6, 6.07) is -0.483. The third-order valence-electron chi connectivity index (χ3n) is 2.89. The number of carbonyl (C=O) groups is 3. The number of Topliss-reactive ketones (excluding diaryl/α,β-unsaturated/α-hetero) is 1. The Morgan fingerprint density at radius 3 is 2.15 bits per heavy atom. The summed E-state index contributed by atoms with van der Waals surface area (Å²) in [6.45, 7) is 9.83. The molecule has 0 rings (SSSR count). The highest BCUT2D eigenvalue weighted by molar-refractivity contribution is 5.88. The number of amides is 1. The second-order valence-electron chi connectivity index (χ2n) is 5.01. The van der Waals surface area contributed by atoms with E-state index in [1.54, 1.807) is 11.8 Å². The molecular formula is C14H26N2O4. The van der Waals surface area contributed by atoms with E-state index in [0.29, 0.717) is 13.2 Å². The average molecular weight is 286 g/mol. The summed E-state index contributed by atoms with van der Waals surface area (Å²) in [4.78, 5) is 36.4. The van der Waals surface area contributed by atoms with Crippen LogP contribution in [0.3, 0.4) is 0 Å². The second kappa shape index (κ2) is 9.47. The molecule has 0 radical (unpaired) electrons. The van der Waals surface area contributed by atoms with Gasteiger partial charge in [-0.05, 0) is 26.3 Å². The first-order valence-corrected chi connectivity index (χ1v) is 6.99.